The van der Waals surface area contributed by atoms with Crippen LogP contribution in [0.4, 0.5) is 0 Å². The normalized spacial score (nSPS) is 17.4. The lowest BCUT2D eigenvalue weighted by molar-refractivity contribution is -0.141. The van der Waals surface area contributed by atoms with Crippen molar-refractivity contribution in [3.05, 3.63) is 29.3 Å². The number of carboxylic acids is 1. The minimum absolute atomic E-state index is 0.233. The lowest BCUT2D eigenvalue weighted by Crippen LogP contribution is -2.19. The Balaban J connectivity index is 2.11. The maximum Gasteiger partial charge on any atom is 0.306 e. The van der Waals surface area contributed by atoms with Gasteiger partial charge in [0, 0.05) is 6.04 Å². The van der Waals surface area contributed by atoms with Gasteiger partial charge in [0.25, 0.3) is 0 Å². The number of carbonyl (C=O) groups is 1. The number of hydrogen-bond donors (Lipinski definition) is 2. The Morgan fingerprint density at radius 3 is 3.06 bits per heavy atom. The third kappa shape index (κ3) is 2.82. The van der Waals surface area contributed by atoms with Crippen molar-refractivity contribution in [3.8, 4) is 5.75 Å². The Labute approximate surface area is 107 Å². The molecule has 4 nitrogen and oxygen atoms in total. The molecule has 2 atom stereocenters. The van der Waals surface area contributed by atoms with E-state index in [-0.39, 0.29) is 6.04 Å². The third-order valence-electron chi connectivity index (χ3n) is 3.39. The Morgan fingerprint density at radius 1 is 1.56 bits per heavy atom. The molecule has 0 bridgehead atoms. The molecule has 0 saturated carbocycles. The van der Waals surface area contributed by atoms with Crippen LogP contribution in [-0.2, 0) is 11.2 Å². The van der Waals surface area contributed by atoms with E-state index in [9.17, 15) is 4.79 Å². The molecule has 4 heteroatoms. The number of benzene rings is 1. The second-order valence-electron chi connectivity index (χ2n) is 4.90. The van der Waals surface area contributed by atoms with E-state index in [1.165, 1.54) is 5.56 Å². The van der Waals surface area contributed by atoms with Gasteiger partial charge in [-0.3, -0.25) is 4.79 Å². The van der Waals surface area contributed by atoms with Crippen molar-refractivity contribution in [2.45, 2.75) is 32.2 Å². The molecule has 1 aliphatic rings. The van der Waals surface area contributed by atoms with Gasteiger partial charge in [0.2, 0.25) is 0 Å². The average molecular weight is 249 g/mol. The van der Waals surface area contributed by atoms with Gasteiger partial charge in [-0.2, -0.15) is 0 Å². The quantitative estimate of drug-likeness (QED) is 0.857. The highest BCUT2D eigenvalue weighted by Gasteiger charge is 2.18. The fourth-order valence-electron chi connectivity index (χ4n) is 2.23. The van der Waals surface area contributed by atoms with Crippen molar-refractivity contribution in [2.75, 3.05) is 6.61 Å². The van der Waals surface area contributed by atoms with E-state index in [1.54, 1.807) is 6.92 Å². The predicted molar refractivity (Wildman–Crippen MR) is 68.6 cm³/mol. The average Bonchev–Trinajstić information content (AvgIpc) is 2.37. The van der Waals surface area contributed by atoms with Crippen molar-refractivity contribution < 1.29 is 14.6 Å². The zero-order valence-electron chi connectivity index (χ0n) is 10.6. The van der Waals surface area contributed by atoms with Gasteiger partial charge in [-0.05, 0) is 36.5 Å². The second-order valence-corrected chi connectivity index (χ2v) is 4.90. The molecule has 0 aliphatic carbocycles. The number of ether oxygens (including phenoxy) is 1. The molecule has 1 aromatic rings. The molecule has 1 heterocycles. The Hall–Kier alpha value is -1.55. The zero-order chi connectivity index (χ0) is 13.1. The Morgan fingerprint density at radius 2 is 2.33 bits per heavy atom. The van der Waals surface area contributed by atoms with Crippen LogP contribution in [0.1, 0.15) is 36.9 Å². The predicted octanol–water partition coefficient (Wildman–Crippen LogP) is 2.12. The van der Waals surface area contributed by atoms with E-state index in [1.807, 2.05) is 18.2 Å². The highest BCUT2D eigenvalue weighted by atomic mass is 16.5. The number of hydrogen-bond acceptors (Lipinski definition) is 3. The molecule has 98 valence electrons. The van der Waals surface area contributed by atoms with E-state index < -0.39 is 11.9 Å². The summed E-state index contributed by atoms with van der Waals surface area (Å²) in [6.45, 7) is 2.46. The number of aliphatic carboxylic acids is 1. The molecule has 0 amide bonds. The summed E-state index contributed by atoms with van der Waals surface area (Å²) in [5.41, 5.74) is 8.23. The molecule has 1 aliphatic heterocycles. The lowest BCUT2D eigenvalue weighted by atomic mass is 9.94. The van der Waals surface area contributed by atoms with Crippen LogP contribution >= 0.6 is 0 Å². The van der Waals surface area contributed by atoms with Gasteiger partial charge in [-0.15, -0.1) is 0 Å². The van der Waals surface area contributed by atoms with Crippen molar-refractivity contribution >= 4 is 5.97 Å². The first-order valence-corrected chi connectivity index (χ1v) is 6.32. The van der Waals surface area contributed by atoms with Gasteiger partial charge in [0.05, 0.1) is 12.5 Å². The summed E-state index contributed by atoms with van der Waals surface area (Å²) >= 11 is 0. The smallest absolute Gasteiger partial charge is 0.306 e. The van der Waals surface area contributed by atoms with Gasteiger partial charge >= 0.3 is 5.97 Å². The summed E-state index contributed by atoms with van der Waals surface area (Å²) in [7, 11) is 0. The summed E-state index contributed by atoms with van der Waals surface area (Å²) in [5.74, 6) is -0.289. The third-order valence-corrected chi connectivity index (χ3v) is 3.39. The fraction of sp³-hybridized carbons (Fsp3) is 0.500. The Kier molecular flexibility index (Phi) is 3.87. The zero-order valence-corrected chi connectivity index (χ0v) is 10.6. The van der Waals surface area contributed by atoms with Gasteiger partial charge in [0.1, 0.15) is 5.75 Å². The van der Waals surface area contributed by atoms with Crippen LogP contribution in [0.5, 0.6) is 5.75 Å². The highest BCUT2D eigenvalue weighted by Crippen LogP contribution is 2.29. The standard InChI is InChI=1S/C14H19NO3/c1-9(14(16)17)7-12(15)10-4-5-13-11(8-10)3-2-6-18-13/h4-5,8-9,12H,2-3,6-7,15H2,1H3,(H,16,17). The minimum atomic E-state index is -0.799. The molecule has 18 heavy (non-hydrogen) atoms. The van der Waals surface area contributed by atoms with E-state index in [0.29, 0.717) is 6.42 Å². The monoisotopic (exact) mass is 249 g/mol. The van der Waals surface area contributed by atoms with Gasteiger partial charge < -0.3 is 15.6 Å². The summed E-state index contributed by atoms with van der Waals surface area (Å²) in [4.78, 5) is 10.8. The first-order chi connectivity index (χ1) is 8.58. The van der Waals surface area contributed by atoms with E-state index >= 15 is 0 Å². The molecule has 0 saturated heterocycles. The van der Waals surface area contributed by atoms with Crippen molar-refractivity contribution in [1.82, 2.24) is 0 Å². The van der Waals surface area contributed by atoms with E-state index in [2.05, 4.69) is 0 Å². The SMILES string of the molecule is CC(CC(N)c1ccc2c(c1)CCCO2)C(=O)O. The van der Waals surface area contributed by atoms with E-state index in [0.717, 1.165) is 30.8 Å². The highest BCUT2D eigenvalue weighted by molar-refractivity contribution is 5.69. The van der Waals surface area contributed by atoms with Gasteiger partial charge in [0.15, 0.2) is 0 Å². The maximum atomic E-state index is 10.8. The van der Waals surface area contributed by atoms with E-state index in [4.69, 9.17) is 15.6 Å². The van der Waals surface area contributed by atoms with Crippen LogP contribution in [0, 0.1) is 5.92 Å². The van der Waals surface area contributed by atoms with Crippen LogP contribution in [0.2, 0.25) is 0 Å². The largest absolute Gasteiger partial charge is 0.493 e. The molecular formula is C14H19NO3. The molecule has 3 N–H and O–H groups in total. The molecule has 2 rings (SSSR count). The number of aryl methyl sites for hydroxylation is 1. The fourth-order valence-corrected chi connectivity index (χ4v) is 2.23. The van der Waals surface area contributed by atoms with Crippen molar-refractivity contribution in [2.24, 2.45) is 11.7 Å². The van der Waals surface area contributed by atoms with Crippen molar-refractivity contribution in [3.63, 3.8) is 0 Å². The molecule has 1 aromatic carbocycles. The van der Waals surface area contributed by atoms with Gasteiger partial charge in [-0.1, -0.05) is 19.1 Å². The summed E-state index contributed by atoms with van der Waals surface area (Å²) < 4.78 is 5.54. The molecule has 0 spiro atoms. The summed E-state index contributed by atoms with van der Waals surface area (Å²) in [5, 5.41) is 8.89. The van der Waals surface area contributed by atoms with Crippen molar-refractivity contribution in [1.29, 1.82) is 0 Å². The molecule has 0 aromatic heterocycles. The van der Waals surface area contributed by atoms with Crippen LogP contribution < -0.4 is 10.5 Å². The van der Waals surface area contributed by atoms with Gasteiger partial charge in [-0.25, -0.2) is 0 Å². The number of nitrogens with two attached hydrogens (primary N) is 1. The molecular weight excluding hydrogens is 230 g/mol. The van der Waals surface area contributed by atoms with Crippen LogP contribution in [0.15, 0.2) is 18.2 Å². The first-order valence-electron chi connectivity index (χ1n) is 6.32. The number of carboxylic acid groups (broad SMARTS) is 1. The molecule has 2 unspecified atom stereocenters. The van der Waals surface area contributed by atoms with Crippen LogP contribution in [-0.4, -0.2) is 17.7 Å². The molecule has 0 fully saturated rings. The topological polar surface area (TPSA) is 72.5 Å². The summed E-state index contributed by atoms with van der Waals surface area (Å²) in [6.07, 6.45) is 2.48. The molecule has 0 radical (unpaired) electrons. The second kappa shape index (κ2) is 5.40. The van der Waals surface area contributed by atoms with Crippen LogP contribution in [0.3, 0.4) is 0 Å². The summed E-state index contributed by atoms with van der Waals surface area (Å²) in [6, 6.07) is 5.69. The maximum absolute atomic E-state index is 10.8. The first kappa shape index (κ1) is 12.9. The number of fused-ring (bicyclic) bond motifs is 1. The number of rotatable bonds is 4. The minimum Gasteiger partial charge on any atom is -0.493 e. The van der Waals surface area contributed by atoms with Crippen LogP contribution in [0.25, 0.3) is 0 Å². The Bertz CT molecular complexity index is 445. The lowest BCUT2D eigenvalue weighted by Gasteiger charge is -2.20.